The number of benzene rings is 1. The van der Waals surface area contributed by atoms with E-state index in [1.807, 2.05) is 4.90 Å². The van der Waals surface area contributed by atoms with E-state index in [2.05, 4.69) is 9.73 Å². The summed E-state index contributed by atoms with van der Waals surface area (Å²) < 4.78 is 39.5. The molecule has 136 valence electrons. The van der Waals surface area contributed by atoms with Crippen LogP contribution >= 0.6 is 24.0 Å². The standard InChI is InChI=1S/C15H21F2N3O3.HI/c1-21-12-3-2-11(10-13(12)23-14(16)17)4-5-19-15(18)20-6-8-22-9-7-20;/h2-3,10,14H,4-9H2,1H3,(H2,18,19);1H. The molecule has 1 aromatic rings. The van der Waals surface area contributed by atoms with Crippen LogP contribution < -0.4 is 15.2 Å². The highest BCUT2D eigenvalue weighted by Gasteiger charge is 2.13. The van der Waals surface area contributed by atoms with Crippen molar-refractivity contribution in [2.45, 2.75) is 13.0 Å². The molecule has 1 heterocycles. The fraction of sp³-hybridized carbons (Fsp3) is 0.533. The number of methoxy groups -OCH3 is 1. The number of rotatable bonds is 6. The van der Waals surface area contributed by atoms with E-state index in [1.54, 1.807) is 12.1 Å². The normalized spacial score (nSPS) is 15.2. The van der Waals surface area contributed by atoms with Crippen LogP contribution in [0.3, 0.4) is 0 Å². The van der Waals surface area contributed by atoms with Gasteiger partial charge in [0.1, 0.15) is 0 Å². The van der Waals surface area contributed by atoms with E-state index in [-0.39, 0.29) is 35.5 Å². The second-order valence-electron chi connectivity index (χ2n) is 4.95. The molecule has 0 aromatic heterocycles. The maximum atomic E-state index is 12.4. The first-order valence-electron chi connectivity index (χ1n) is 7.34. The Morgan fingerprint density at radius 3 is 2.67 bits per heavy atom. The Kier molecular flexibility index (Phi) is 9.04. The zero-order valence-electron chi connectivity index (χ0n) is 13.4. The Bertz CT molecular complexity index is 541. The van der Waals surface area contributed by atoms with Gasteiger partial charge in [-0.05, 0) is 24.1 Å². The largest absolute Gasteiger partial charge is 0.493 e. The number of aliphatic imine (C=N–C) groups is 1. The maximum absolute atomic E-state index is 12.4. The first-order chi connectivity index (χ1) is 11.1. The molecule has 9 heteroatoms. The molecule has 1 aromatic carbocycles. The van der Waals surface area contributed by atoms with Gasteiger partial charge in [-0.3, -0.25) is 4.99 Å². The number of alkyl halides is 2. The van der Waals surface area contributed by atoms with Crippen molar-refractivity contribution in [2.75, 3.05) is 40.0 Å². The van der Waals surface area contributed by atoms with Crippen LogP contribution in [0.1, 0.15) is 5.56 Å². The monoisotopic (exact) mass is 457 g/mol. The molecule has 0 atom stereocenters. The Morgan fingerprint density at radius 1 is 1.33 bits per heavy atom. The lowest BCUT2D eigenvalue weighted by molar-refractivity contribution is -0.0512. The van der Waals surface area contributed by atoms with Crippen LogP contribution in [0.5, 0.6) is 11.5 Å². The molecule has 0 spiro atoms. The number of nitrogens with zero attached hydrogens (tertiary/aromatic N) is 2. The van der Waals surface area contributed by atoms with Crippen molar-refractivity contribution < 1.29 is 23.0 Å². The number of hydrogen-bond acceptors (Lipinski definition) is 4. The van der Waals surface area contributed by atoms with Crippen LogP contribution in [0, 0.1) is 0 Å². The van der Waals surface area contributed by atoms with Gasteiger partial charge in [-0.25, -0.2) is 0 Å². The molecule has 1 aliphatic rings. The quantitative estimate of drug-likeness (QED) is 0.403. The van der Waals surface area contributed by atoms with Gasteiger partial charge >= 0.3 is 6.61 Å². The molecule has 0 amide bonds. The molecule has 6 nitrogen and oxygen atoms in total. The van der Waals surface area contributed by atoms with Gasteiger partial charge in [0, 0.05) is 19.6 Å². The van der Waals surface area contributed by atoms with Crippen LogP contribution in [0.2, 0.25) is 0 Å². The smallest absolute Gasteiger partial charge is 0.387 e. The highest BCUT2D eigenvalue weighted by Crippen LogP contribution is 2.29. The fourth-order valence-electron chi connectivity index (χ4n) is 2.26. The Labute approximate surface area is 157 Å². The van der Waals surface area contributed by atoms with Gasteiger partial charge in [0.2, 0.25) is 0 Å². The number of guanidine groups is 1. The van der Waals surface area contributed by atoms with Crippen molar-refractivity contribution >= 4 is 29.9 Å². The van der Waals surface area contributed by atoms with E-state index < -0.39 is 6.61 Å². The summed E-state index contributed by atoms with van der Waals surface area (Å²) in [5.41, 5.74) is 6.75. The van der Waals surface area contributed by atoms with Crippen LogP contribution in [-0.4, -0.2) is 57.4 Å². The number of ether oxygens (including phenoxy) is 3. The van der Waals surface area contributed by atoms with Crippen LogP contribution in [0.4, 0.5) is 8.78 Å². The third-order valence-electron chi connectivity index (χ3n) is 3.45. The molecular weight excluding hydrogens is 435 g/mol. The number of morpholine rings is 1. The fourth-order valence-corrected chi connectivity index (χ4v) is 2.26. The van der Waals surface area contributed by atoms with Gasteiger partial charge in [-0.2, -0.15) is 8.78 Å². The van der Waals surface area contributed by atoms with Crippen molar-refractivity contribution in [3.05, 3.63) is 23.8 Å². The molecule has 2 N–H and O–H groups in total. The van der Waals surface area contributed by atoms with Crippen molar-refractivity contribution in [3.63, 3.8) is 0 Å². The van der Waals surface area contributed by atoms with E-state index in [1.165, 1.54) is 13.2 Å². The lowest BCUT2D eigenvalue weighted by Gasteiger charge is -2.27. The number of nitrogens with two attached hydrogens (primary N) is 1. The van der Waals surface area contributed by atoms with Crippen molar-refractivity contribution in [3.8, 4) is 11.5 Å². The Hall–Kier alpha value is -1.36. The average Bonchev–Trinajstić information content (AvgIpc) is 2.55. The predicted molar refractivity (Wildman–Crippen MR) is 97.6 cm³/mol. The van der Waals surface area contributed by atoms with Crippen molar-refractivity contribution in [1.82, 2.24) is 4.90 Å². The summed E-state index contributed by atoms with van der Waals surface area (Å²) in [7, 11) is 1.40. The summed E-state index contributed by atoms with van der Waals surface area (Å²) in [6, 6.07) is 4.92. The number of halogens is 3. The topological polar surface area (TPSA) is 69.3 Å². The van der Waals surface area contributed by atoms with Gasteiger partial charge in [0.25, 0.3) is 0 Å². The van der Waals surface area contributed by atoms with E-state index >= 15 is 0 Å². The molecule has 24 heavy (non-hydrogen) atoms. The second-order valence-corrected chi connectivity index (χ2v) is 4.95. The zero-order chi connectivity index (χ0) is 16.7. The SMILES string of the molecule is COc1ccc(CCN=C(N)N2CCOCC2)cc1OC(F)F.I. The van der Waals surface area contributed by atoms with E-state index in [0.29, 0.717) is 32.1 Å². The predicted octanol–water partition coefficient (Wildman–Crippen LogP) is 2.10. The molecule has 0 radical (unpaired) electrons. The first-order valence-corrected chi connectivity index (χ1v) is 7.34. The third-order valence-corrected chi connectivity index (χ3v) is 3.45. The molecule has 0 saturated carbocycles. The average molecular weight is 457 g/mol. The Morgan fingerprint density at radius 2 is 2.04 bits per heavy atom. The molecule has 1 aliphatic heterocycles. The molecule has 1 saturated heterocycles. The van der Waals surface area contributed by atoms with Gasteiger partial charge in [-0.15, -0.1) is 24.0 Å². The zero-order valence-corrected chi connectivity index (χ0v) is 15.7. The summed E-state index contributed by atoms with van der Waals surface area (Å²) in [5.74, 6) is 0.765. The van der Waals surface area contributed by atoms with Crippen LogP contribution in [0.15, 0.2) is 23.2 Å². The van der Waals surface area contributed by atoms with Crippen LogP contribution in [0.25, 0.3) is 0 Å². The lowest BCUT2D eigenvalue weighted by Crippen LogP contribution is -2.44. The summed E-state index contributed by atoms with van der Waals surface area (Å²) in [6.45, 7) is 0.304. The maximum Gasteiger partial charge on any atom is 0.387 e. The van der Waals surface area contributed by atoms with E-state index in [9.17, 15) is 8.78 Å². The molecule has 0 aliphatic carbocycles. The highest BCUT2D eigenvalue weighted by molar-refractivity contribution is 14.0. The molecular formula is C15H22F2IN3O3. The van der Waals surface area contributed by atoms with Gasteiger partial charge in [0.15, 0.2) is 17.5 Å². The molecule has 0 bridgehead atoms. The third kappa shape index (κ3) is 6.27. The summed E-state index contributed by atoms with van der Waals surface area (Å²) in [6.07, 6.45) is 0.564. The molecule has 0 unspecified atom stereocenters. The van der Waals surface area contributed by atoms with E-state index in [4.69, 9.17) is 15.2 Å². The summed E-state index contributed by atoms with van der Waals surface area (Å²) >= 11 is 0. The minimum Gasteiger partial charge on any atom is -0.493 e. The number of hydrogen-bond donors (Lipinski definition) is 1. The summed E-state index contributed by atoms with van der Waals surface area (Å²) in [4.78, 5) is 6.28. The minimum absolute atomic E-state index is 0. The van der Waals surface area contributed by atoms with Crippen molar-refractivity contribution in [1.29, 1.82) is 0 Å². The first kappa shape index (κ1) is 20.7. The Balaban J connectivity index is 0.00000288. The van der Waals surface area contributed by atoms with Gasteiger partial charge in [0.05, 0.1) is 20.3 Å². The van der Waals surface area contributed by atoms with Crippen molar-refractivity contribution in [2.24, 2.45) is 10.7 Å². The highest BCUT2D eigenvalue weighted by atomic mass is 127. The minimum atomic E-state index is -2.89. The van der Waals surface area contributed by atoms with Crippen LogP contribution in [-0.2, 0) is 11.2 Å². The second kappa shape index (κ2) is 10.5. The molecule has 1 fully saturated rings. The molecule has 2 rings (SSSR count). The lowest BCUT2D eigenvalue weighted by atomic mass is 10.1. The van der Waals surface area contributed by atoms with Gasteiger partial charge < -0.3 is 24.8 Å². The van der Waals surface area contributed by atoms with Gasteiger partial charge in [-0.1, -0.05) is 6.07 Å². The summed E-state index contributed by atoms with van der Waals surface area (Å²) in [5, 5.41) is 0. The van der Waals surface area contributed by atoms with E-state index in [0.717, 1.165) is 18.7 Å².